The van der Waals surface area contributed by atoms with Gasteiger partial charge >= 0.3 is 39.5 Å². The number of ether oxygens (including phenoxy) is 4. The van der Waals surface area contributed by atoms with Crippen molar-refractivity contribution < 1.29 is 80.2 Å². The van der Waals surface area contributed by atoms with Crippen molar-refractivity contribution in [3.05, 3.63) is 0 Å². The van der Waals surface area contributed by atoms with Crippen LogP contribution < -0.4 is 0 Å². The molecule has 0 aromatic carbocycles. The summed E-state index contributed by atoms with van der Waals surface area (Å²) in [7, 11) is -9.90. The maximum absolute atomic E-state index is 13.0. The fourth-order valence-corrected chi connectivity index (χ4v) is 12.2. The monoisotopic (exact) mass is 1310 g/mol. The first-order valence-electron chi connectivity index (χ1n) is 36.7. The Balaban J connectivity index is 5.25. The Morgan fingerprint density at radius 3 is 0.798 bits per heavy atom. The van der Waals surface area contributed by atoms with Crippen LogP contribution in [0.1, 0.15) is 362 Å². The number of phosphoric acid groups is 2. The van der Waals surface area contributed by atoms with E-state index in [-0.39, 0.29) is 25.7 Å². The minimum atomic E-state index is -4.95. The third-order valence-corrected chi connectivity index (χ3v) is 18.5. The number of aliphatic hydroxyl groups excluding tert-OH is 1. The number of unbranched alkanes of at least 4 members (excludes halogenated alkanes) is 41. The Bertz CT molecular complexity index is 1720. The number of aliphatic hydroxyl groups is 1. The topological polar surface area (TPSA) is 237 Å². The summed E-state index contributed by atoms with van der Waals surface area (Å²) in [6.07, 6.45) is 49.8. The fraction of sp³-hybridized carbons (Fsp3) is 0.943. The van der Waals surface area contributed by atoms with Gasteiger partial charge in [0.1, 0.15) is 19.3 Å². The zero-order valence-corrected chi connectivity index (χ0v) is 59.4. The molecule has 0 saturated carbocycles. The van der Waals surface area contributed by atoms with Gasteiger partial charge < -0.3 is 33.8 Å². The van der Waals surface area contributed by atoms with Crippen LogP contribution in [0.5, 0.6) is 0 Å². The third kappa shape index (κ3) is 63.2. The lowest BCUT2D eigenvalue weighted by atomic mass is 10.00. The third-order valence-electron chi connectivity index (χ3n) is 16.6. The normalized spacial score (nSPS) is 14.4. The molecule has 0 aliphatic heterocycles. The van der Waals surface area contributed by atoms with E-state index in [9.17, 15) is 43.2 Å². The van der Waals surface area contributed by atoms with Crippen molar-refractivity contribution in [3.8, 4) is 0 Å². The van der Waals surface area contributed by atoms with Crippen LogP contribution in [0.3, 0.4) is 0 Å². The molecule has 19 heteroatoms. The first kappa shape index (κ1) is 87.1. The predicted octanol–water partition coefficient (Wildman–Crippen LogP) is 20.1. The molecule has 3 unspecified atom stereocenters. The highest BCUT2D eigenvalue weighted by Gasteiger charge is 2.30. The van der Waals surface area contributed by atoms with E-state index in [0.717, 1.165) is 102 Å². The zero-order chi connectivity index (χ0) is 65.6. The van der Waals surface area contributed by atoms with Crippen molar-refractivity contribution in [2.75, 3.05) is 39.6 Å². The van der Waals surface area contributed by atoms with Crippen LogP contribution in [0.15, 0.2) is 0 Å². The quantitative estimate of drug-likeness (QED) is 0.0222. The van der Waals surface area contributed by atoms with Crippen molar-refractivity contribution in [1.82, 2.24) is 0 Å². The van der Waals surface area contributed by atoms with E-state index in [1.807, 2.05) is 0 Å². The zero-order valence-electron chi connectivity index (χ0n) is 57.6. The fourth-order valence-electron chi connectivity index (χ4n) is 10.6. The highest BCUT2D eigenvalue weighted by molar-refractivity contribution is 7.47. The van der Waals surface area contributed by atoms with Crippen LogP contribution in [-0.2, 0) is 65.4 Å². The van der Waals surface area contributed by atoms with Crippen LogP contribution in [0, 0.1) is 5.92 Å². The maximum atomic E-state index is 13.0. The van der Waals surface area contributed by atoms with Gasteiger partial charge in [-0.15, -0.1) is 0 Å². The number of carbonyl (C=O) groups is 4. The summed E-state index contributed by atoms with van der Waals surface area (Å²) in [5.41, 5.74) is 0. The number of carbonyl (C=O) groups excluding carboxylic acids is 4. The lowest BCUT2D eigenvalue weighted by Gasteiger charge is -2.21. The summed E-state index contributed by atoms with van der Waals surface area (Å²) in [4.78, 5) is 72.5. The van der Waals surface area contributed by atoms with Crippen LogP contribution >= 0.6 is 15.6 Å². The molecule has 0 aliphatic rings. The Hall–Kier alpha value is -1.94. The van der Waals surface area contributed by atoms with Crippen LogP contribution in [0.4, 0.5) is 0 Å². The van der Waals surface area contributed by atoms with E-state index in [1.54, 1.807) is 0 Å². The molecule has 0 spiro atoms. The van der Waals surface area contributed by atoms with E-state index < -0.39 is 97.5 Å². The van der Waals surface area contributed by atoms with E-state index in [1.165, 1.54) is 180 Å². The first-order chi connectivity index (χ1) is 43.1. The highest BCUT2D eigenvalue weighted by atomic mass is 31.2. The van der Waals surface area contributed by atoms with Crippen LogP contribution in [0.2, 0.25) is 0 Å². The number of hydrogen-bond donors (Lipinski definition) is 3. The number of hydrogen-bond acceptors (Lipinski definition) is 15. The van der Waals surface area contributed by atoms with Gasteiger partial charge in [-0.05, 0) is 31.6 Å². The van der Waals surface area contributed by atoms with Gasteiger partial charge in [-0.1, -0.05) is 311 Å². The molecule has 0 heterocycles. The second-order valence-electron chi connectivity index (χ2n) is 25.5. The van der Waals surface area contributed by atoms with Gasteiger partial charge in [0.25, 0.3) is 0 Å². The van der Waals surface area contributed by atoms with Crippen LogP contribution in [0.25, 0.3) is 0 Å². The molecule has 0 aromatic heterocycles. The summed E-state index contributed by atoms with van der Waals surface area (Å²) in [6, 6.07) is 0. The lowest BCUT2D eigenvalue weighted by Crippen LogP contribution is -2.30. The number of phosphoric ester groups is 2. The molecular formula is C70H136O17P2. The average molecular weight is 1310 g/mol. The largest absolute Gasteiger partial charge is 0.472 e. The van der Waals surface area contributed by atoms with E-state index in [0.29, 0.717) is 25.7 Å². The number of rotatable bonds is 70. The molecule has 0 aromatic rings. The molecule has 17 nitrogen and oxygen atoms in total. The lowest BCUT2D eigenvalue weighted by molar-refractivity contribution is -0.161. The second kappa shape index (κ2) is 63.5. The summed E-state index contributed by atoms with van der Waals surface area (Å²) in [5, 5.41) is 10.6. The summed E-state index contributed by atoms with van der Waals surface area (Å²) in [5.74, 6) is -1.39. The Morgan fingerprint density at radius 1 is 0.315 bits per heavy atom. The molecule has 0 fully saturated rings. The van der Waals surface area contributed by atoms with Crippen molar-refractivity contribution >= 4 is 39.5 Å². The van der Waals surface area contributed by atoms with Gasteiger partial charge in [0.05, 0.1) is 26.4 Å². The SMILES string of the molecule is CCCCCCCCCCCCCCCCCC(=O)O[C@H](COC(=O)CCCCCCCCCCCCCC)COP(=O)(O)OC[C@@H](O)COP(=O)(O)OC[C@@H](COC(=O)CCCCCCCCC(C)CC)OC(=O)CCCCCCCCCCCCCC. The van der Waals surface area contributed by atoms with Crippen molar-refractivity contribution in [1.29, 1.82) is 0 Å². The van der Waals surface area contributed by atoms with Gasteiger partial charge in [0.2, 0.25) is 0 Å². The smallest absolute Gasteiger partial charge is 0.462 e. The Kier molecular flexibility index (Phi) is 62.1. The summed E-state index contributed by atoms with van der Waals surface area (Å²) in [6.45, 7) is 7.21. The van der Waals surface area contributed by atoms with E-state index >= 15 is 0 Å². The maximum Gasteiger partial charge on any atom is 0.472 e. The van der Waals surface area contributed by atoms with Crippen molar-refractivity contribution in [2.45, 2.75) is 380 Å². The van der Waals surface area contributed by atoms with Gasteiger partial charge in [0.15, 0.2) is 12.2 Å². The number of esters is 4. The molecule has 0 rings (SSSR count). The molecular weight excluding hydrogens is 1170 g/mol. The van der Waals surface area contributed by atoms with Crippen LogP contribution in [-0.4, -0.2) is 96.7 Å². The molecule has 0 saturated heterocycles. The molecule has 0 amide bonds. The van der Waals surface area contributed by atoms with Crippen molar-refractivity contribution in [3.63, 3.8) is 0 Å². The Morgan fingerprint density at radius 2 is 0.539 bits per heavy atom. The molecule has 89 heavy (non-hydrogen) atoms. The molecule has 6 atom stereocenters. The Labute approximate surface area is 543 Å². The standard InChI is InChI=1S/C70H136O17P2/c1-6-10-13-16-19-22-25-28-29-30-33-36-39-46-51-56-70(75)86-65(59-80-67(72)53-48-43-37-34-31-26-23-20-17-14-11-7-2)61-84-88(76,77)82-57-64(71)58-83-89(78,79)85-62-66(60-81-68(73)54-49-44-41-40-42-47-52-63(5)9-4)87-69(74)55-50-45-38-35-32-27-24-21-18-15-12-8-3/h63-66,71H,6-62H2,1-5H3,(H,76,77)(H,78,79)/t63?,64-,65-,66-/m1/s1. The predicted molar refractivity (Wildman–Crippen MR) is 358 cm³/mol. The van der Waals surface area contributed by atoms with Gasteiger partial charge in [-0.3, -0.25) is 37.3 Å². The first-order valence-corrected chi connectivity index (χ1v) is 39.7. The molecule has 0 aliphatic carbocycles. The molecule has 3 N–H and O–H groups in total. The minimum absolute atomic E-state index is 0.107. The molecule has 0 bridgehead atoms. The van der Waals surface area contributed by atoms with E-state index in [4.69, 9.17) is 37.0 Å². The molecule has 0 radical (unpaired) electrons. The second-order valence-corrected chi connectivity index (χ2v) is 28.4. The highest BCUT2D eigenvalue weighted by Crippen LogP contribution is 2.45. The van der Waals surface area contributed by atoms with E-state index in [2.05, 4.69) is 34.6 Å². The summed E-state index contributed by atoms with van der Waals surface area (Å²) < 4.78 is 68.3. The van der Waals surface area contributed by atoms with Gasteiger partial charge in [-0.2, -0.15) is 0 Å². The van der Waals surface area contributed by atoms with Crippen molar-refractivity contribution in [2.24, 2.45) is 5.92 Å². The minimum Gasteiger partial charge on any atom is -0.462 e. The summed E-state index contributed by atoms with van der Waals surface area (Å²) >= 11 is 0. The average Bonchev–Trinajstić information content (AvgIpc) is 3.69. The van der Waals surface area contributed by atoms with Gasteiger partial charge in [0, 0.05) is 25.7 Å². The molecule has 528 valence electrons. The van der Waals surface area contributed by atoms with Gasteiger partial charge in [-0.25, -0.2) is 9.13 Å².